The van der Waals surface area contributed by atoms with Crippen LogP contribution in [0.3, 0.4) is 0 Å². The minimum absolute atomic E-state index is 0.000833. The molecule has 1 fully saturated rings. The fourth-order valence-corrected chi connectivity index (χ4v) is 2.01. The van der Waals surface area contributed by atoms with Crippen LogP contribution in [0, 0.1) is 0 Å². The Bertz CT molecular complexity index is 208. The molecule has 0 heterocycles. The van der Waals surface area contributed by atoms with Crippen molar-refractivity contribution in [3.63, 3.8) is 0 Å². The Morgan fingerprint density at radius 1 is 1.47 bits per heavy atom. The van der Waals surface area contributed by atoms with Crippen LogP contribution in [0.5, 0.6) is 0 Å². The van der Waals surface area contributed by atoms with Gasteiger partial charge < -0.3 is 15.6 Å². The highest BCUT2D eigenvalue weighted by Crippen LogP contribution is 2.21. The van der Waals surface area contributed by atoms with Gasteiger partial charge in [-0.25, -0.2) is 4.79 Å². The fraction of sp³-hybridized carbons (Fsp3) is 0.909. The second-order valence-corrected chi connectivity index (χ2v) is 4.21. The summed E-state index contributed by atoms with van der Waals surface area (Å²) < 4.78 is 5.57. The monoisotopic (exact) mass is 215 g/mol. The molecule has 0 aromatic heterocycles. The van der Waals surface area contributed by atoms with Crippen LogP contribution in [0.1, 0.15) is 45.4 Å². The summed E-state index contributed by atoms with van der Waals surface area (Å²) >= 11 is 0. The largest absolute Gasteiger partial charge is 0.479 e. The zero-order valence-corrected chi connectivity index (χ0v) is 9.32. The van der Waals surface area contributed by atoms with Crippen molar-refractivity contribution >= 4 is 5.97 Å². The summed E-state index contributed by atoms with van der Waals surface area (Å²) in [6, 6.07) is 0.000833. The van der Waals surface area contributed by atoms with E-state index in [1.165, 1.54) is 6.42 Å². The van der Waals surface area contributed by atoms with Crippen molar-refractivity contribution in [2.75, 3.05) is 0 Å². The van der Waals surface area contributed by atoms with Crippen molar-refractivity contribution in [1.29, 1.82) is 0 Å². The molecule has 0 bridgehead atoms. The van der Waals surface area contributed by atoms with Crippen molar-refractivity contribution in [3.8, 4) is 0 Å². The van der Waals surface area contributed by atoms with Crippen molar-refractivity contribution in [2.45, 2.75) is 63.7 Å². The number of carbonyl (C=O) groups is 1. The molecule has 0 amide bonds. The standard InChI is InChI=1S/C11H21NO3/c1-2-9(11(13)14)15-10-7-5-3-4-6-8(10)12/h8-10H,2-7,12H2,1H3,(H,13,14). The molecule has 3 unspecified atom stereocenters. The highest BCUT2D eigenvalue weighted by Gasteiger charge is 2.26. The number of ether oxygens (including phenoxy) is 1. The first-order chi connectivity index (χ1) is 7.15. The van der Waals surface area contributed by atoms with Gasteiger partial charge in [-0.15, -0.1) is 0 Å². The molecule has 0 aliphatic heterocycles. The van der Waals surface area contributed by atoms with Gasteiger partial charge in [-0.2, -0.15) is 0 Å². The predicted octanol–water partition coefficient (Wildman–Crippen LogP) is 1.53. The van der Waals surface area contributed by atoms with E-state index in [1.807, 2.05) is 6.92 Å². The molecule has 3 N–H and O–H groups in total. The Hall–Kier alpha value is -0.610. The summed E-state index contributed by atoms with van der Waals surface area (Å²) in [5.41, 5.74) is 5.96. The van der Waals surface area contributed by atoms with Crippen LogP contribution in [-0.2, 0) is 9.53 Å². The molecule has 0 saturated heterocycles. The maximum absolute atomic E-state index is 10.8. The molecule has 88 valence electrons. The molecule has 0 radical (unpaired) electrons. The maximum Gasteiger partial charge on any atom is 0.332 e. The average Bonchev–Trinajstić information content (AvgIpc) is 2.39. The van der Waals surface area contributed by atoms with Crippen molar-refractivity contribution in [3.05, 3.63) is 0 Å². The van der Waals surface area contributed by atoms with Crippen LogP contribution in [-0.4, -0.2) is 29.3 Å². The summed E-state index contributed by atoms with van der Waals surface area (Å²) in [4.78, 5) is 10.8. The minimum atomic E-state index is -0.881. The zero-order chi connectivity index (χ0) is 11.3. The second kappa shape index (κ2) is 6.08. The molecule has 1 aliphatic rings. The molecule has 1 rings (SSSR count). The van der Waals surface area contributed by atoms with Gasteiger partial charge in [-0.1, -0.05) is 26.2 Å². The summed E-state index contributed by atoms with van der Waals surface area (Å²) in [6.45, 7) is 1.82. The Morgan fingerprint density at radius 3 is 2.73 bits per heavy atom. The van der Waals surface area contributed by atoms with Gasteiger partial charge >= 0.3 is 5.97 Å². The fourth-order valence-electron chi connectivity index (χ4n) is 2.01. The Kier molecular flexibility index (Phi) is 5.05. The molecule has 3 atom stereocenters. The van der Waals surface area contributed by atoms with Crippen LogP contribution in [0.15, 0.2) is 0 Å². The van der Waals surface area contributed by atoms with Gasteiger partial charge in [0.1, 0.15) is 0 Å². The summed E-state index contributed by atoms with van der Waals surface area (Å²) in [5, 5.41) is 8.89. The first-order valence-corrected chi connectivity index (χ1v) is 5.79. The van der Waals surface area contributed by atoms with Gasteiger partial charge in [0.05, 0.1) is 6.10 Å². The van der Waals surface area contributed by atoms with E-state index in [4.69, 9.17) is 15.6 Å². The van der Waals surface area contributed by atoms with Gasteiger partial charge in [-0.05, 0) is 19.3 Å². The van der Waals surface area contributed by atoms with E-state index in [9.17, 15) is 4.79 Å². The molecule has 0 aromatic rings. The van der Waals surface area contributed by atoms with Gasteiger partial charge in [-0.3, -0.25) is 0 Å². The third-order valence-corrected chi connectivity index (χ3v) is 2.99. The molecule has 1 aliphatic carbocycles. The topological polar surface area (TPSA) is 72.5 Å². The van der Waals surface area contributed by atoms with Gasteiger partial charge in [0.15, 0.2) is 6.10 Å². The van der Waals surface area contributed by atoms with E-state index in [1.54, 1.807) is 0 Å². The first-order valence-electron chi connectivity index (χ1n) is 5.79. The summed E-state index contributed by atoms with van der Waals surface area (Å²) in [5.74, 6) is -0.881. The van der Waals surface area contributed by atoms with Crippen LogP contribution in [0.4, 0.5) is 0 Å². The minimum Gasteiger partial charge on any atom is -0.479 e. The lowest BCUT2D eigenvalue weighted by molar-refractivity contribution is -0.155. The third kappa shape index (κ3) is 3.80. The molecule has 1 saturated carbocycles. The quantitative estimate of drug-likeness (QED) is 0.697. The second-order valence-electron chi connectivity index (χ2n) is 4.21. The predicted molar refractivity (Wildman–Crippen MR) is 57.6 cm³/mol. The Labute approximate surface area is 90.8 Å². The van der Waals surface area contributed by atoms with Crippen molar-refractivity contribution in [1.82, 2.24) is 0 Å². The van der Waals surface area contributed by atoms with Crippen molar-refractivity contribution in [2.24, 2.45) is 5.73 Å². The van der Waals surface area contributed by atoms with Crippen LogP contribution in [0.2, 0.25) is 0 Å². The lowest BCUT2D eigenvalue weighted by Crippen LogP contribution is -2.40. The molecule has 4 nitrogen and oxygen atoms in total. The van der Waals surface area contributed by atoms with E-state index >= 15 is 0 Å². The number of nitrogens with two attached hydrogens (primary N) is 1. The van der Waals surface area contributed by atoms with E-state index in [-0.39, 0.29) is 12.1 Å². The Balaban J connectivity index is 2.49. The summed E-state index contributed by atoms with van der Waals surface area (Å²) in [7, 11) is 0. The van der Waals surface area contributed by atoms with Crippen LogP contribution >= 0.6 is 0 Å². The summed E-state index contributed by atoms with van der Waals surface area (Å²) in [6.07, 6.45) is 4.97. The van der Waals surface area contributed by atoms with Crippen LogP contribution in [0.25, 0.3) is 0 Å². The van der Waals surface area contributed by atoms with Gasteiger partial charge in [0.25, 0.3) is 0 Å². The van der Waals surface area contributed by atoms with E-state index < -0.39 is 12.1 Å². The third-order valence-electron chi connectivity index (χ3n) is 2.99. The molecular weight excluding hydrogens is 194 g/mol. The van der Waals surface area contributed by atoms with Crippen molar-refractivity contribution < 1.29 is 14.6 Å². The number of carboxylic acid groups (broad SMARTS) is 1. The van der Waals surface area contributed by atoms with E-state index in [0.29, 0.717) is 6.42 Å². The first kappa shape index (κ1) is 12.5. The molecule has 15 heavy (non-hydrogen) atoms. The number of hydrogen-bond donors (Lipinski definition) is 2. The van der Waals surface area contributed by atoms with E-state index in [2.05, 4.69) is 0 Å². The average molecular weight is 215 g/mol. The number of aliphatic carboxylic acids is 1. The normalized spacial score (nSPS) is 29.5. The lowest BCUT2D eigenvalue weighted by Gasteiger charge is -2.25. The van der Waals surface area contributed by atoms with E-state index in [0.717, 1.165) is 25.7 Å². The molecule has 0 aromatic carbocycles. The molecule has 4 heteroatoms. The number of carboxylic acids is 1. The van der Waals surface area contributed by atoms with Gasteiger partial charge in [0, 0.05) is 6.04 Å². The molecular formula is C11H21NO3. The number of rotatable bonds is 4. The maximum atomic E-state index is 10.8. The highest BCUT2D eigenvalue weighted by atomic mass is 16.5. The Morgan fingerprint density at radius 2 is 2.13 bits per heavy atom. The van der Waals surface area contributed by atoms with Gasteiger partial charge in [0.2, 0.25) is 0 Å². The van der Waals surface area contributed by atoms with Crippen LogP contribution < -0.4 is 5.73 Å². The zero-order valence-electron chi connectivity index (χ0n) is 9.32. The smallest absolute Gasteiger partial charge is 0.332 e. The molecule has 0 spiro atoms. The lowest BCUT2D eigenvalue weighted by atomic mass is 10.1. The highest BCUT2D eigenvalue weighted by molar-refractivity contribution is 5.72. The number of hydrogen-bond acceptors (Lipinski definition) is 3. The SMILES string of the molecule is CCC(OC1CCCCCC1N)C(=O)O.